The SMILES string of the molecule is CC.CC1CC1.NC(Cc1ccccc1)C(=O)NCB1OC2CCCCC2O1. The van der Waals surface area contributed by atoms with Gasteiger partial charge in [-0.15, -0.1) is 0 Å². The third kappa shape index (κ3) is 7.94. The van der Waals surface area contributed by atoms with Gasteiger partial charge in [0.15, 0.2) is 0 Å². The van der Waals surface area contributed by atoms with E-state index in [2.05, 4.69) is 12.2 Å². The quantitative estimate of drug-likeness (QED) is 0.758. The molecule has 3 fully saturated rings. The molecule has 2 saturated carbocycles. The number of benzene rings is 1. The van der Waals surface area contributed by atoms with Crippen molar-refractivity contribution < 1.29 is 14.1 Å². The zero-order chi connectivity index (χ0) is 20.4. The summed E-state index contributed by atoms with van der Waals surface area (Å²) in [5, 5.41) is 2.84. The maximum Gasteiger partial charge on any atom is 0.478 e. The third-order valence-corrected chi connectivity index (χ3v) is 5.24. The standard InChI is InChI=1S/C16H23BN2O3.C4H8.C2H6/c18-13(10-12-6-2-1-3-7-12)16(20)19-11-17-21-14-8-4-5-9-15(14)22-17;1-4-2-3-4;1-2/h1-3,6-7,13-15H,4-5,8-11,18H2,(H,19,20);4H,2-3H2,1H3;1-2H3. The van der Waals surface area contributed by atoms with Gasteiger partial charge in [-0.05, 0) is 30.7 Å². The minimum absolute atomic E-state index is 0.161. The van der Waals surface area contributed by atoms with Crippen LogP contribution in [0.1, 0.15) is 64.9 Å². The van der Waals surface area contributed by atoms with Crippen molar-refractivity contribution >= 4 is 13.0 Å². The molecule has 1 aliphatic heterocycles. The molecule has 1 amide bonds. The van der Waals surface area contributed by atoms with Crippen LogP contribution in [0.25, 0.3) is 0 Å². The lowest BCUT2D eigenvalue weighted by molar-refractivity contribution is -0.122. The summed E-state index contributed by atoms with van der Waals surface area (Å²) < 4.78 is 11.7. The van der Waals surface area contributed by atoms with Crippen LogP contribution in [-0.2, 0) is 20.5 Å². The van der Waals surface area contributed by atoms with E-state index in [1.54, 1.807) is 0 Å². The molecule has 2 aliphatic carbocycles. The summed E-state index contributed by atoms with van der Waals surface area (Å²) in [5.74, 6) is 0.922. The Morgan fingerprint density at radius 2 is 1.64 bits per heavy atom. The van der Waals surface area contributed by atoms with Crippen molar-refractivity contribution in [3.05, 3.63) is 35.9 Å². The average molecular weight is 388 g/mol. The summed E-state index contributed by atoms with van der Waals surface area (Å²) in [6, 6.07) is 9.24. The molecule has 1 heterocycles. The van der Waals surface area contributed by atoms with E-state index < -0.39 is 6.04 Å². The van der Waals surface area contributed by atoms with Gasteiger partial charge in [0.25, 0.3) is 0 Å². The van der Waals surface area contributed by atoms with Crippen molar-refractivity contribution in [3.63, 3.8) is 0 Å². The smallest absolute Gasteiger partial charge is 0.405 e. The average Bonchev–Trinajstić information content (AvgIpc) is 3.40. The fourth-order valence-corrected chi connectivity index (χ4v) is 3.33. The Morgan fingerprint density at radius 1 is 1.11 bits per heavy atom. The van der Waals surface area contributed by atoms with E-state index in [0.717, 1.165) is 24.3 Å². The normalized spacial score (nSPS) is 24.1. The first-order chi connectivity index (χ1) is 13.6. The van der Waals surface area contributed by atoms with Crippen LogP contribution in [0, 0.1) is 5.92 Å². The molecule has 4 rings (SSSR count). The van der Waals surface area contributed by atoms with Gasteiger partial charge in [0.05, 0.1) is 24.7 Å². The van der Waals surface area contributed by atoms with Gasteiger partial charge in [-0.2, -0.15) is 0 Å². The first kappa shape index (κ1) is 22.9. The first-order valence-electron chi connectivity index (χ1n) is 11.0. The molecular formula is C22H37BN2O3. The van der Waals surface area contributed by atoms with Crippen LogP contribution in [0.3, 0.4) is 0 Å². The fourth-order valence-electron chi connectivity index (χ4n) is 3.33. The molecule has 1 aromatic carbocycles. The maximum atomic E-state index is 12.1. The molecular weight excluding hydrogens is 351 g/mol. The molecule has 0 bridgehead atoms. The molecule has 1 aromatic rings. The summed E-state index contributed by atoms with van der Waals surface area (Å²) >= 11 is 0. The van der Waals surface area contributed by atoms with Crippen LogP contribution in [-0.4, -0.2) is 37.7 Å². The molecule has 3 aliphatic rings. The number of fused-ring (bicyclic) bond motifs is 1. The van der Waals surface area contributed by atoms with E-state index in [-0.39, 0.29) is 25.2 Å². The van der Waals surface area contributed by atoms with Crippen LogP contribution in [0.4, 0.5) is 0 Å². The van der Waals surface area contributed by atoms with Crippen molar-refractivity contribution in [1.82, 2.24) is 5.32 Å². The fraction of sp³-hybridized carbons (Fsp3) is 0.682. The molecule has 3 N–H and O–H groups in total. The highest BCUT2D eigenvalue weighted by molar-refractivity contribution is 6.45. The van der Waals surface area contributed by atoms with Gasteiger partial charge in [-0.3, -0.25) is 4.79 Å². The van der Waals surface area contributed by atoms with Crippen molar-refractivity contribution in [2.45, 2.75) is 84.0 Å². The Balaban J connectivity index is 0.000000406. The van der Waals surface area contributed by atoms with Gasteiger partial charge < -0.3 is 20.4 Å². The number of hydrogen-bond acceptors (Lipinski definition) is 4. The zero-order valence-electron chi connectivity index (χ0n) is 17.7. The summed E-state index contributed by atoms with van der Waals surface area (Å²) in [4.78, 5) is 12.1. The predicted molar refractivity (Wildman–Crippen MR) is 115 cm³/mol. The molecule has 3 unspecified atom stereocenters. The van der Waals surface area contributed by atoms with Crippen LogP contribution in [0.2, 0.25) is 0 Å². The Hall–Kier alpha value is -1.37. The maximum absolute atomic E-state index is 12.1. The van der Waals surface area contributed by atoms with Crippen molar-refractivity contribution in [1.29, 1.82) is 0 Å². The second kappa shape index (κ2) is 12.3. The Kier molecular flexibility index (Phi) is 10.0. The molecule has 0 radical (unpaired) electrons. The highest BCUT2D eigenvalue weighted by atomic mass is 16.7. The number of nitrogens with one attached hydrogen (secondary N) is 1. The minimum Gasteiger partial charge on any atom is -0.405 e. The molecule has 3 atom stereocenters. The number of carbonyl (C=O) groups is 1. The van der Waals surface area contributed by atoms with Crippen LogP contribution >= 0.6 is 0 Å². The lowest BCUT2D eigenvalue weighted by atomic mass is 9.90. The molecule has 0 spiro atoms. The van der Waals surface area contributed by atoms with Crippen LogP contribution in [0.5, 0.6) is 0 Å². The molecule has 6 heteroatoms. The second-order valence-corrected chi connectivity index (χ2v) is 7.79. The van der Waals surface area contributed by atoms with Gasteiger partial charge in [-0.1, -0.05) is 76.8 Å². The third-order valence-electron chi connectivity index (χ3n) is 5.24. The van der Waals surface area contributed by atoms with E-state index in [1.807, 2.05) is 44.2 Å². The Morgan fingerprint density at radius 3 is 2.14 bits per heavy atom. The number of nitrogens with two attached hydrogens (primary N) is 1. The molecule has 28 heavy (non-hydrogen) atoms. The summed E-state index contributed by atoms with van der Waals surface area (Å²) in [5.41, 5.74) is 7.02. The molecule has 5 nitrogen and oxygen atoms in total. The number of amides is 1. The number of rotatable bonds is 5. The molecule has 156 valence electrons. The first-order valence-corrected chi connectivity index (χ1v) is 11.0. The topological polar surface area (TPSA) is 73.6 Å². The number of carbonyl (C=O) groups excluding carboxylic acids is 1. The highest BCUT2D eigenvalue weighted by Crippen LogP contribution is 2.29. The van der Waals surface area contributed by atoms with Crippen LogP contribution < -0.4 is 11.1 Å². The summed E-state index contributed by atoms with van der Waals surface area (Å²) in [6.45, 7) is 6.28. The van der Waals surface area contributed by atoms with Gasteiger partial charge in [0, 0.05) is 0 Å². The molecule has 1 saturated heterocycles. The minimum atomic E-state index is -0.550. The zero-order valence-corrected chi connectivity index (χ0v) is 17.7. The van der Waals surface area contributed by atoms with E-state index >= 15 is 0 Å². The largest absolute Gasteiger partial charge is 0.478 e. The summed E-state index contributed by atoms with van der Waals surface area (Å²) in [6.07, 6.45) is 8.79. The van der Waals surface area contributed by atoms with Gasteiger partial charge in [0.1, 0.15) is 0 Å². The van der Waals surface area contributed by atoms with Crippen molar-refractivity contribution in [3.8, 4) is 0 Å². The Bertz CT molecular complexity index is 554. The van der Waals surface area contributed by atoms with Crippen molar-refractivity contribution in [2.75, 3.05) is 6.44 Å². The van der Waals surface area contributed by atoms with E-state index in [9.17, 15) is 4.79 Å². The van der Waals surface area contributed by atoms with Gasteiger partial charge in [0.2, 0.25) is 5.91 Å². The lowest BCUT2D eigenvalue weighted by Gasteiger charge is -2.22. The Labute approximate surface area is 170 Å². The van der Waals surface area contributed by atoms with Gasteiger partial charge >= 0.3 is 7.12 Å². The number of hydrogen-bond donors (Lipinski definition) is 2. The molecule has 0 aromatic heterocycles. The van der Waals surface area contributed by atoms with E-state index in [1.165, 1.54) is 25.7 Å². The van der Waals surface area contributed by atoms with Gasteiger partial charge in [-0.25, -0.2) is 0 Å². The van der Waals surface area contributed by atoms with E-state index in [4.69, 9.17) is 15.0 Å². The lowest BCUT2D eigenvalue weighted by Crippen LogP contribution is -2.46. The van der Waals surface area contributed by atoms with Crippen molar-refractivity contribution in [2.24, 2.45) is 11.7 Å². The predicted octanol–water partition coefficient (Wildman–Crippen LogP) is 3.50. The van der Waals surface area contributed by atoms with Crippen LogP contribution in [0.15, 0.2) is 30.3 Å². The van der Waals surface area contributed by atoms with E-state index in [0.29, 0.717) is 12.9 Å². The summed E-state index contributed by atoms with van der Waals surface area (Å²) in [7, 11) is -0.332. The monoisotopic (exact) mass is 388 g/mol. The highest BCUT2D eigenvalue weighted by Gasteiger charge is 2.40. The second-order valence-electron chi connectivity index (χ2n) is 7.79.